The highest BCUT2D eigenvalue weighted by molar-refractivity contribution is 5.94. The summed E-state index contributed by atoms with van der Waals surface area (Å²) in [5.74, 6) is -0.901. The number of carbonyl (C=O) groups excluding carboxylic acids is 2. The van der Waals surface area contributed by atoms with Crippen molar-refractivity contribution < 1.29 is 19.8 Å². The van der Waals surface area contributed by atoms with E-state index in [1.165, 1.54) is 13.0 Å². The Morgan fingerprint density at radius 3 is 2.45 bits per heavy atom. The molecule has 0 aliphatic carbocycles. The number of rotatable bonds is 6. The van der Waals surface area contributed by atoms with E-state index in [-0.39, 0.29) is 6.54 Å². The lowest BCUT2D eigenvalue weighted by molar-refractivity contribution is -0.117. The predicted octanol–water partition coefficient (Wildman–Crippen LogP) is -0.342. The largest absolute Gasteiger partial charge is 0.393 e. The van der Waals surface area contributed by atoms with Gasteiger partial charge in [-0.25, -0.2) is 0 Å². The third-order valence-electron chi connectivity index (χ3n) is 2.61. The average molecular weight is 278 g/mol. The molecule has 0 radical (unpaired) electrons. The lowest BCUT2D eigenvalue weighted by Crippen LogP contribution is -2.42. The number of hydrogen-bond donors (Lipinski definition) is 4. The summed E-state index contributed by atoms with van der Waals surface area (Å²) < 4.78 is 0. The molecule has 0 saturated heterocycles. The summed E-state index contributed by atoms with van der Waals surface area (Å²) in [6, 6.07) is 6.45. The number of aliphatic hydroxyl groups excluding tert-OH is 1. The first-order valence-corrected chi connectivity index (χ1v) is 6.03. The molecule has 1 rings (SSSR count). The summed E-state index contributed by atoms with van der Waals surface area (Å²) in [5, 5.41) is 20.8. The standard InChI is InChI=1S/C14H18N2O4/c1-14(20,9-17)8-16-12(18)7-4-10-2-5-11(6-3-10)13(15)19/h2-7,17,20H,8-9H2,1H3,(H2,15,19)(H,16,18). The number of carbonyl (C=O) groups is 2. The first kappa shape index (κ1) is 15.9. The minimum Gasteiger partial charge on any atom is -0.393 e. The maximum Gasteiger partial charge on any atom is 0.248 e. The minimum absolute atomic E-state index is 0.0483. The lowest BCUT2D eigenvalue weighted by Gasteiger charge is -2.19. The number of hydrogen-bond acceptors (Lipinski definition) is 4. The van der Waals surface area contributed by atoms with Gasteiger partial charge in [0.1, 0.15) is 5.60 Å². The Bertz CT molecular complexity index is 506. The number of aliphatic hydroxyl groups is 2. The van der Waals surface area contributed by atoms with Crippen LogP contribution in [0.25, 0.3) is 6.08 Å². The van der Waals surface area contributed by atoms with E-state index in [1.807, 2.05) is 0 Å². The van der Waals surface area contributed by atoms with E-state index in [2.05, 4.69) is 5.32 Å². The van der Waals surface area contributed by atoms with Crippen LogP contribution in [-0.4, -0.2) is 40.8 Å². The zero-order chi connectivity index (χ0) is 15.2. The van der Waals surface area contributed by atoms with Gasteiger partial charge in [0.15, 0.2) is 0 Å². The summed E-state index contributed by atoms with van der Waals surface area (Å²) in [6.07, 6.45) is 2.86. The van der Waals surface area contributed by atoms with Crippen molar-refractivity contribution in [2.24, 2.45) is 5.73 Å². The van der Waals surface area contributed by atoms with Gasteiger partial charge < -0.3 is 21.3 Å². The SMILES string of the molecule is CC(O)(CO)CNC(=O)C=Cc1ccc(C(N)=O)cc1. The van der Waals surface area contributed by atoms with Gasteiger partial charge in [0.25, 0.3) is 0 Å². The fourth-order valence-electron chi connectivity index (χ4n) is 1.32. The Balaban J connectivity index is 2.55. The van der Waals surface area contributed by atoms with Crippen molar-refractivity contribution in [3.8, 4) is 0 Å². The zero-order valence-corrected chi connectivity index (χ0v) is 11.2. The van der Waals surface area contributed by atoms with Gasteiger partial charge in [-0.2, -0.15) is 0 Å². The fourth-order valence-corrected chi connectivity index (χ4v) is 1.32. The van der Waals surface area contributed by atoms with Crippen molar-refractivity contribution in [2.45, 2.75) is 12.5 Å². The van der Waals surface area contributed by atoms with E-state index < -0.39 is 24.0 Å². The highest BCUT2D eigenvalue weighted by Gasteiger charge is 2.18. The van der Waals surface area contributed by atoms with E-state index in [0.717, 1.165) is 5.56 Å². The van der Waals surface area contributed by atoms with Crippen LogP contribution >= 0.6 is 0 Å². The molecule has 1 unspecified atom stereocenters. The first-order chi connectivity index (χ1) is 9.34. The second-order valence-corrected chi connectivity index (χ2v) is 4.69. The van der Waals surface area contributed by atoms with Crippen molar-refractivity contribution in [3.05, 3.63) is 41.5 Å². The zero-order valence-electron chi connectivity index (χ0n) is 11.2. The number of nitrogens with two attached hydrogens (primary N) is 1. The molecule has 5 N–H and O–H groups in total. The highest BCUT2D eigenvalue weighted by atomic mass is 16.3. The van der Waals surface area contributed by atoms with Crippen LogP contribution in [0.4, 0.5) is 0 Å². The van der Waals surface area contributed by atoms with Gasteiger partial charge in [0.2, 0.25) is 11.8 Å². The second-order valence-electron chi connectivity index (χ2n) is 4.69. The highest BCUT2D eigenvalue weighted by Crippen LogP contribution is 2.05. The molecule has 0 heterocycles. The first-order valence-electron chi connectivity index (χ1n) is 6.03. The Kier molecular flexibility index (Phi) is 5.42. The van der Waals surface area contributed by atoms with E-state index in [4.69, 9.17) is 10.8 Å². The summed E-state index contributed by atoms with van der Waals surface area (Å²) in [6.45, 7) is 0.929. The Hall–Kier alpha value is -2.18. The van der Waals surface area contributed by atoms with Crippen LogP contribution in [-0.2, 0) is 4.79 Å². The van der Waals surface area contributed by atoms with Gasteiger partial charge >= 0.3 is 0 Å². The average Bonchev–Trinajstić information content (AvgIpc) is 2.43. The van der Waals surface area contributed by atoms with Gasteiger partial charge in [-0.1, -0.05) is 12.1 Å². The van der Waals surface area contributed by atoms with Gasteiger partial charge in [-0.05, 0) is 30.7 Å². The third kappa shape index (κ3) is 5.21. The molecule has 0 aromatic heterocycles. The van der Waals surface area contributed by atoms with Crippen LogP contribution in [0.15, 0.2) is 30.3 Å². The Labute approximate surface area is 116 Å². The third-order valence-corrected chi connectivity index (χ3v) is 2.61. The van der Waals surface area contributed by atoms with E-state index >= 15 is 0 Å². The minimum atomic E-state index is -1.34. The Morgan fingerprint density at radius 2 is 1.95 bits per heavy atom. The van der Waals surface area contributed by atoms with Crippen LogP contribution in [0.3, 0.4) is 0 Å². The quantitative estimate of drug-likeness (QED) is 0.533. The molecule has 1 aromatic carbocycles. The van der Waals surface area contributed by atoms with E-state index in [1.54, 1.807) is 30.3 Å². The maximum absolute atomic E-state index is 11.5. The number of primary amides is 1. The summed E-state index contributed by atoms with van der Waals surface area (Å²) in [4.78, 5) is 22.4. The molecule has 0 spiro atoms. The smallest absolute Gasteiger partial charge is 0.248 e. The molecule has 6 heteroatoms. The molecule has 1 aromatic rings. The number of nitrogens with one attached hydrogen (secondary N) is 1. The summed E-state index contributed by atoms with van der Waals surface area (Å²) in [7, 11) is 0. The molecular formula is C14H18N2O4. The van der Waals surface area contributed by atoms with Crippen molar-refractivity contribution in [2.75, 3.05) is 13.2 Å². The lowest BCUT2D eigenvalue weighted by atomic mass is 10.1. The summed E-state index contributed by atoms with van der Waals surface area (Å²) >= 11 is 0. The topological polar surface area (TPSA) is 113 Å². The fraction of sp³-hybridized carbons (Fsp3) is 0.286. The Morgan fingerprint density at radius 1 is 1.35 bits per heavy atom. The van der Waals surface area contributed by atoms with Crippen LogP contribution in [0.1, 0.15) is 22.8 Å². The molecule has 1 atom stereocenters. The van der Waals surface area contributed by atoms with Crippen molar-refractivity contribution in [1.82, 2.24) is 5.32 Å². The molecule has 108 valence electrons. The van der Waals surface area contributed by atoms with E-state index in [9.17, 15) is 14.7 Å². The molecule has 0 fully saturated rings. The van der Waals surface area contributed by atoms with Crippen LogP contribution in [0, 0.1) is 0 Å². The molecule has 0 aliphatic rings. The normalized spacial score (nSPS) is 13.9. The maximum atomic E-state index is 11.5. The van der Waals surface area contributed by atoms with Crippen LogP contribution in [0.2, 0.25) is 0 Å². The van der Waals surface area contributed by atoms with E-state index in [0.29, 0.717) is 5.56 Å². The van der Waals surface area contributed by atoms with Crippen molar-refractivity contribution in [3.63, 3.8) is 0 Å². The van der Waals surface area contributed by atoms with Gasteiger partial charge in [0.05, 0.1) is 6.61 Å². The van der Waals surface area contributed by atoms with Crippen LogP contribution in [0.5, 0.6) is 0 Å². The monoisotopic (exact) mass is 278 g/mol. The van der Waals surface area contributed by atoms with Gasteiger partial charge in [-0.3, -0.25) is 9.59 Å². The van der Waals surface area contributed by atoms with Gasteiger partial charge in [0, 0.05) is 18.2 Å². The summed E-state index contributed by atoms with van der Waals surface area (Å²) in [5.41, 5.74) is 4.90. The predicted molar refractivity (Wildman–Crippen MR) is 74.7 cm³/mol. The molecule has 0 aliphatic heterocycles. The number of benzene rings is 1. The molecular weight excluding hydrogens is 260 g/mol. The molecule has 2 amide bonds. The van der Waals surface area contributed by atoms with Crippen molar-refractivity contribution >= 4 is 17.9 Å². The van der Waals surface area contributed by atoms with Crippen molar-refractivity contribution in [1.29, 1.82) is 0 Å². The van der Waals surface area contributed by atoms with Crippen LogP contribution < -0.4 is 11.1 Å². The molecule has 20 heavy (non-hydrogen) atoms. The molecule has 6 nitrogen and oxygen atoms in total. The number of amides is 2. The molecule has 0 saturated carbocycles. The second kappa shape index (κ2) is 6.83. The molecule has 0 bridgehead atoms. The van der Waals surface area contributed by atoms with Gasteiger partial charge in [-0.15, -0.1) is 0 Å².